The van der Waals surface area contributed by atoms with Crippen LogP contribution in [0.25, 0.3) is 22.3 Å². The van der Waals surface area contributed by atoms with Gasteiger partial charge in [0.1, 0.15) is 29.0 Å². The highest BCUT2D eigenvalue weighted by molar-refractivity contribution is 5.92. The number of carbonyl (C=O) groups excluding carboxylic acids is 1. The van der Waals surface area contributed by atoms with Crippen LogP contribution < -0.4 is 15.4 Å². The number of hydrogen-bond acceptors (Lipinski definition) is 9. The number of likely N-dealkylation sites (N-methyl/N-ethyl adjacent to an activating group) is 1. The predicted octanol–water partition coefficient (Wildman–Crippen LogP) is 4.42. The normalized spacial score (nSPS) is 22.9. The van der Waals surface area contributed by atoms with Gasteiger partial charge in [-0.1, -0.05) is 6.58 Å². The van der Waals surface area contributed by atoms with Gasteiger partial charge in [0.2, 0.25) is 5.91 Å². The summed E-state index contributed by atoms with van der Waals surface area (Å²) in [5.41, 5.74) is 8.68. The second-order valence-electron chi connectivity index (χ2n) is 12.3. The number of nitrogens with zero attached hydrogens (tertiary/aromatic N) is 7. The zero-order chi connectivity index (χ0) is 31.1. The minimum atomic E-state index is -0.591. The van der Waals surface area contributed by atoms with Crippen LogP contribution in [0.2, 0.25) is 0 Å². The first-order valence-corrected chi connectivity index (χ1v) is 15.4. The molecule has 2 N–H and O–H groups in total. The Hall–Kier alpha value is -3.93. The molecule has 4 fully saturated rings. The monoisotopic (exact) mass is 606 g/mol. The van der Waals surface area contributed by atoms with Gasteiger partial charge in [0.25, 0.3) is 0 Å². The van der Waals surface area contributed by atoms with E-state index in [1.807, 2.05) is 24.9 Å². The van der Waals surface area contributed by atoms with Crippen molar-refractivity contribution in [1.29, 1.82) is 0 Å². The molecule has 0 spiro atoms. The minimum Gasteiger partial charge on any atom is -0.467 e. The number of fused-ring (bicyclic) bond motifs is 2. The number of methoxy groups -OCH3 is 1. The van der Waals surface area contributed by atoms with Gasteiger partial charge in [-0.05, 0) is 81.2 Å². The Morgan fingerprint density at radius 3 is 2.66 bits per heavy atom. The molecule has 3 aromatic heterocycles. The number of amides is 1. The van der Waals surface area contributed by atoms with E-state index in [0.29, 0.717) is 54.3 Å². The van der Waals surface area contributed by atoms with Crippen LogP contribution in [0.3, 0.4) is 0 Å². The van der Waals surface area contributed by atoms with E-state index in [4.69, 9.17) is 10.5 Å². The average molecular weight is 607 g/mol. The van der Waals surface area contributed by atoms with E-state index in [0.717, 1.165) is 43.4 Å². The summed E-state index contributed by atoms with van der Waals surface area (Å²) in [6.45, 7) is 8.52. The number of anilines is 2. The summed E-state index contributed by atoms with van der Waals surface area (Å²) in [4.78, 5) is 35.8. The smallest absolute Gasteiger partial charge is 0.318 e. The van der Waals surface area contributed by atoms with Gasteiger partial charge in [0.05, 0.1) is 18.2 Å². The Labute approximate surface area is 256 Å². The lowest BCUT2D eigenvalue weighted by Crippen LogP contribution is -2.36. The Morgan fingerprint density at radius 1 is 1.16 bits per heavy atom. The molecule has 234 valence electrons. The van der Waals surface area contributed by atoms with Crippen LogP contribution in [0.15, 0.2) is 24.9 Å². The number of likely N-dealkylation sites (tertiary alicyclic amines) is 1. The third-order valence-corrected chi connectivity index (χ3v) is 9.31. The fourth-order valence-electron chi connectivity index (χ4n) is 6.91. The van der Waals surface area contributed by atoms with Crippen molar-refractivity contribution in [3.63, 3.8) is 0 Å². The first-order valence-electron chi connectivity index (χ1n) is 15.4. The van der Waals surface area contributed by atoms with Crippen LogP contribution >= 0.6 is 0 Å². The van der Waals surface area contributed by atoms with Gasteiger partial charge in [-0.25, -0.2) is 13.8 Å². The highest BCUT2D eigenvalue weighted by Gasteiger charge is 2.35. The third-order valence-electron chi connectivity index (χ3n) is 9.31. The lowest BCUT2D eigenvalue weighted by molar-refractivity contribution is -0.125. The summed E-state index contributed by atoms with van der Waals surface area (Å²) in [7, 11) is 3.31. The molecule has 3 unspecified atom stereocenters. The Morgan fingerprint density at radius 2 is 1.95 bits per heavy atom. The maximum absolute atomic E-state index is 16.1. The average Bonchev–Trinajstić information content (AvgIpc) is 3.37. The molecule has 3 aliphatic heterocycles. The lowest BCUT2D eigenvalue weighted by atomic mass is 9.99. The number of nitrogen functional groups attached to an aromatic ring is 1. The van der Waals surface area contributed by atoms with Crippen molar-refractivity contribution >= 4 is 28.4 Å². The van der Waals surface area contributed by atoms with E-state index in [1.165, 1.54) is 26.0 Å². The van der Waals surface area contributed by atoms with Gasteiger partial charge in [-0.3, -0.25) is 14.7 Å². The number of pyridine rings is 2. The molecule has 7 rings (SSSR count). The zero-order valence-corrected chi connectivity index (χ0v) is 25.6. The van der Waals surface area contributed by atoms with Crippen LogP contribution in [0.1, 0.15) is 55.6 Å². The maximum atomic E-state index is 16.1. The number of ether oxygens (including phenoxy) is 1. The van der Waals surface area contributed by atoms with Crippen molar-refractivity contribution in [3.8, 4) is 17.4 Å². The van der Waals surface area contributed by atoms with E-state index in [9.17, 15) is 9.18 Å². The quantitative estimate of drug-likeness (QED) is 0.408. The number of halogens is 2. The van der Waals surface area contributed by atoms with E-state index < -0.39 is 12.0 Å². The molecule has 44 heavy (non-hydrogen) atoms. The van der Waals surface area contributed by atoms with Gasteiger partial charge in [0, 0.05) is 45.0 Å². The van der Waals surface area contributed by atoms with Gasteiger partial charge >= 0.3 is 6.01 Å². The molecule has 4 aliphatic rings. The Kier molecular flexibility index (Phi) is 8.36. The number of carbonyl (C=O) groups is 1. The van der Waals surface area contributed by atoms with Gasteiger partial charge < -0.3 is 20.3 Å². The van der Waals surface area contributed by atoms with Crippen LogP contribution in [-0.4, -0.2) is 94.2 Å². The minimum absolute atomic E-state index is 0.0100. The summed E-state index contributed by atoms with van der Waals surface area (Å²) >= 11 is 0. The fraction of sp³-hybridized carbons (Fsp3) is 0.531. The van der Waals surface area contributed by atoms with Crippen molar-refractivity contribution < 1.29 is 18.3 Å². The van der Waals surface area contributed by atoms with Crippen molar-refractivity contribution in [3.05, 3.63) is 41.9 Å². The van der Waals surface area contributed by atoms with Crippen molar-refractivity contribution in [2.75, 3.05) is 51.0 Å². The van der Waals surface area contributed by atoms with Crippen molar-refractivity contribution in [2.45, 2.75) is 69.6 Å². The molecule has 10 nitrogen and oxygen atoms in total. The summed E-state index contributed by atoms with van der Waals surface area (Å²) in [5, 5.41) is 0.455. The zero-order valence-electron chi connectivity index (χ0n) is 25.6. The first kappa shape index (κ1) is 30.1. The Bertz CT molecular complexity index is 1570. The molecule has 1 amide bonds. The topological polar surface area (TPSA) is 114 Å². The first-order chi connectivity index (χ1) is 21.2. The fourth-order valence-corrected chi connectivity index (χ4v) is 6.91. The van der Waals surface area contributed by atoms with Crippen LogP contribution in [-0.2, 0) is 4.79 Å². The molecule has 12 heteroatoms. The largest absolute Gasteiger partial charge is 0.467 e. The van der Waals surface area contributed by atoms with Crippen molar-refractivity contribution in [2.24, 2.45) is 0 Å². The molecule has 6 heterocycles. The standard InChI is InChI=1S/C25H28FN7O2.C7H12FN/c1-5-18(34)33-9-8-15(12-33)32(3)24-16-11-28-23(20(26)21(16)30-25(31-24)35-4)22-19(14-6-7-14)13(2)10-17(27)29-22;8-6-4-7-2-1-3-9(7)5-6/h5,10-11,14-15H,1,6-9,12H2,2-4H3,(H2,27,29);6-7H,1-5H2. The molecule has 1 aliphatic carbocycles. The molecule has 0 bridgehead atoms. The summed E-state index contributed by atoms with van der Waals surface area (Å²) in [6, 6.07) is 2.46. The molecule has 0 aromatic carbocycles. The second kappa shape index (κ2) is 12.2. The van der Waals surface area contributed by atoms with Crippen molar-refractivity contribution in [1.82, 2.24) is 29.7 Å². The SMILES string of the molecule is C=CC(=O)N1CCC(N(C)c2nc(OC)nc3c(F)c(-c4nc(N)cc(C)c4C4CC4)ncc23)C1.FC1CC2CCCN2C1. The Balaban J connectivity index is 0.000000323. The number of alkyl halides is 1. The summed E-state index contributed by atoms with van der Waals surface area (Å²) in [5.74, 6) is 0.442. The number of aryl methyl sites for hydroxylation is 1. The van der Waals surface area contributed by atoms with E-state index in [2.05, 4.69) is 31.4 Å². The molecule has 3 atom stereocenters. The van der Waals surface area contributed by atoms with Crippen LogP contribution in [0.5, 0.6) is 6.01 Å². The third kappa shape index (κ3) is 5.79. The summed E-state index contributed by atoms with van der Waals surface area (Å²) < 4.78 is 34.0. The predicted molar refractivity (Wildman–Crippen MR) is 166 cm³/mol. The molecular weight excluding hydrogens is 566 g/mol. The van der Waals surface area contributed by atoms with E-state index in [-0.39, 0.29) is 29.2 Å². The molecular formula is C32H40F2N8O2. The number of nitrogens with two attached hydrogens (primary N) is 1. The molecule has 0 radical (unpaired) electrons. The summed E-state index contributed by atoms with van der Waals surface area (Å²) in [6.07, 6.45) is 8.52. The highest BCUT2D eigenvalue weighted by Crippen LogP contribution is 2.46. The van der Waals surface area contributed by atoms with Crippen LogP contribution in [0.4, 0.5) is 20.4 Å². The number of rotatable bonds is 6. The molecule has 1 saturated carbocycles. The van der Waals surface area contributed by atoms with Gasteiger partial charge in [-0.15, -0.1) is 0 Å². The highest BCUT2D eigenvalue weighted by atomic mass is 19.1. The number of hydrogen-bond donors (Lipinski definition) is 1. The van der Waals surface area contributed by atoms with Gasteiger partial charge in [-0.2, -0.15) is 9.97 Å². The van der Waals surface area contributed by atoms with Crippen LogP contribution in [0, 0.1) is 12.7 Å². The number of aromatic nitrogens is 4. The van der Waals surface area contributed by atoms with E-state index in [1.54, 1.807) is 11.1 Å². The molecule has 3 saturated heterocycles. The maximum Gasteiger partial charge on any atom is 0.318 e. The lowest BCUT2D eigenvalue weighted by Gasteiger charge is -2.27. The second-order valence-corrected chi connectivity index (χ2v) is 12.3. The molecule has 3 aromatic rings. The van der Waals surface area contributed by atoms with E-state index >= 15 is 4.39 Å². The van der Waals surface area contributed by atoms with Gasteiger partial charge in [0.15, 0.2) is 5.82 Å².